The van der Waals surface area contributed by atoms with Gasteiger partial charge in [-0.1, -0.05) is 18.2 Å². The molecule has 6 nitrogen and oxygen atoms in total. The van der Waals surface area contributed by atoms with E-state index in [4.69, 9.17) is 4.74 Å². The smallest absolute Gasteiger partial charge is 0.341 e. The fourth-order valence-corrected chi connectivity index (χ4v) is 2.76. The quantitative estimate of drug-likeness (QED) is 0.876. The SMILES string of the molecule is CCOC(=O)c1cnc(NC2CCN(C)c3ccccc32)nc1. The zero-order valence-electron chi connectivity index (χ0n) is 13.3. The van der Waals surface area contributed by atoms with E-state index in [2.05, 4.69) is 39.4 Å². The van der Waals surface area contributed by atoms with E-state index in [0.29, 0.717) is 18.1 Å². The average molecular weight is 312 g/mol. The van der Waals surface area contributed by atoms with Gasteiger partial charge in [0.2, 0.25) is 5.95 Å². The first-order chi connectivity index (χ1) is 11.2. The summed E-state index contributed by atoms with van der Waals surface area (Å²) in [5, 5.41) is 3.35. The van der Waals surface area contributed by atoms with Crippen LogP contribution in [0, 0.1) is 0 Å². The number of aromatic nitrogens is 2. The second-order valence-corrected chi connectivity index (χ2v) is 5.48. The summed E-state index contributed by atoms with van der Waals surface area (Å²) in [7, 11) is 2.10. The van der Waals surface area contributed by atoms with Crippen molar-refractivity contribution in [1.82, 2.24) is 9.97 Å². The Bertz CT molecular complexity index is 687. The van der Waals surface area contributed by atoms with Crippen LogP contribution in [0.25, 0.3) is 0 Å². The van der Waals surface area contributed by atoms with Gasteiger partial charge in [-0.25, -0.2) is 14.8 Å². The molecule has 0 saturated carbocycles. The lowest BCUT2D eigenvalue weighted by atomic mass is 9.97. The molecule has 0 aliphatic carbocycles. The fraction of sp³-hybridized carbons (Fsp3) is 0.353. The molecule has 1 aliphatic heterocycles. The van der Waals surface area contributed by atoms with E-state index < -0.39 is 5.97 Å². The van der Waals surface area contributed by atoms with Crippen LogP contribution in [0.1, 0.15) is 35.3 Å². The number of esters is 1. The number of carbonyl (C=O) groups is 1. The van der Waals surface area contributed by atoms with Gasteiger partial charge in [-0.2, -0.15) is 0 Å². The maximum Gasteiger partial charge on any atom is 0.341 e. The lowest BCUT2D eigenvalue weighted by molar-refractivity contribution is 0.0525. The van der Waals surface area contributed by atoms with Crippen LogP contribution in [-0.4, -0.2) is 36.1 Å². The van der Waals surface area contributed by atoms with Crippen molar-refractivity contribution in [3.63, 3.8) is 0 Å². The van der Waals surface area contributed by atoms with Gasteiger partial charge in [-0.05, 0) is 25.0 Å². The first-order valence-electron chi connectivity index (χ1n) is 7.74. The normalized spacial score (nSPS) is 16.6. The minimum atomic E-state index is -0.399. The minimum Gasteiger partial charge on any atom is -0.462 e. The van der Waals surface area contributed by atoms with E-state index in [9.17, 15) is 4.79 Å². The molecule has 0 bridgehead atoms. The van der Waals surface area contributed by atoms with Crippen molar-refractivity contribution in [3.05, 3.63) is 47.8 Å². The molecule has 0 fully saturated rings. The van der Waals surface area contributed by atoms with Gasteiger partial charge >= 0.3 is 5.97 Å². The molecular weight excluding hydrogens is 292 g/mol. The van der Waals surface area contributed by atoms with Gasteiger partial charge in [0.15, 0.2) is 0 Å². The summed E-state index contributed by atoms with van der Waals surface area (Å²) in [5.74, 6) is 0.117. The van der Waals surface area contributed by atoms with Crippen LogP contribution >= 0.6 is 0 Å². The van der Waals surface area contributed by atoms with Crippen LogP contribution in [0.15, 0.2) is 36.7 Å². The van der Waals surface area contributed by atoms with Crippen molar-refractivity contribution in [2.45, 2.75) is 19.4 Å². The third-order valence-electron chi connectivity index (χ3n) is 3.94. The maximum absolute atomic E-state index is 11.6. The van der Waals surface area contributed by atoms with Gasteiger partial charge in [-0.3, -0.25) is 0 Å². The molecule has 1 aromatic heterocycles. The predicted molar refractivity (Wildman–Crippen MR) is 88.7 cm³/mol. The molecular formula is C17H20N4O2. The highest BCUT2D eigenvalue weighted by Gasteiger charge is 2.23. The van der Waals surface area contributed by atoms with E-state index in [0.717, 1.165) is 13.0 Å². The number of ether oxygens (including phenoxy) is 1. The number of para-hydroxylation sites is 1. The number of fused-ring (bicyclic) bond motifs is 1. The van der Waals surface area contributed by atoms with Crippen molar-refractivity contribution < 1.29 is 9.53 Å². The molecule has 23 heavy (non-hydrogen) atoms. The second kappa shape index (κ2) is 6.64. The summed E-state index contributed by atoms with van der Waals surface area (Å²) in [4.78, 5) is 22.3. The summed E-state index contributed by atoms with van der Waals surface area (Å²) in [5.41, 5.74) is 2.82. The molecule has 120 valence electrons. The monoisotopic (exact) mass is 312 g/mol. The molecule has 3 rings (SSSR count). The number of hydrogen-bond donors (Lipinski definition) is 1. The summed E-state index contributed by atoms with van der Waals surface area (Å²) in [6.45, 7) is 3.08. The zero-order valence-corrected chi connectivity index (χ0v) is 13.3. The highest BCUT2D eigenvalue weighted by Crippen LogP contribution is 2.34. The second-order valence-electron chi connectivity index (χ2n) is 5.48. The molecule has 1 aromatic carbocycles. The van der Waals surface area contributed by atoms with Crippen LogP contribution in [-0.2, 0) is 4.74 Å². The average Bonchev–Trinajstić information content (AvgIpc) is 2.58. The molecule has 2 aromatic rings. The predicted octanol–water partition coefficient (Wildman–Crippen LogP) is 2.65. The molecule has 0 amide bonds. The van der Waals surface area contributed by atoms with Crippen LogP contribution in [0.4, 0.5) is 11.6 Å². The van der Waals surface area contributed by atoms with E-state index >= 15 is 0 Å². The number of hydrogen-bond acceptors (Lipinski definition) is 6. The summed E-state index contributed by atoms with van der Waals surface area (Å²) in [6, 6.07) is 8.49. The Morgan fingerprint density at radius 1 is 1.35 bits per heavy atom. The van der Waals surface area contributed by atoms with E-state index in [1.54, 1.807) is 6.92 Å². The Balaban J connectivity index is 1.75. The summed E-state index contributed by atoms with van der Waals surface area (Å²) >= 11 is 0. The van der Waals surface area contributed by atoms with Gasteiger partial charge < -0.3 is 15.0 Å². The molecule has 1 unspecified atom stereocenters. The molecule has 0 radical (unpaired) electrons. The summed E-state index contributed by atoms with van der Waals surface area (Å²) in [6.07, 6.45) is 3.96. The molecule has 1 atom stereocenters. The molecule has 0 spiro atoms. The minimum absolute atomic E-state index is 0.163. The van der Waals surface area contributed by atoms with Gasteiger partial charge in [0.05, 0.1) is 18.2 Å². The number of nitrogens with one attached hydrogen (secondary N) is 1. The molecule has 6 heteroatoms. The van der Waals surface area contributed by atoms with Crippen molar-refractivity contribution in [3.8, 4) is 0 Å². The van der Waals surface area contributed by atoms with Crippen molar-refractivity contribution >= 4 is 17.6 Å². The third-order valence-corrected chi connectivity index (χ3v) is 3.94. The molecule has 2 heterocycles. The van der Waals surface area contributed by atoms with Gasteiger partial charge in [0, 0.05) is 31.7 Å². The van der Waals surface area contributed by atoms with Crippen LogP contribution in [0.5, 0.6) is 0 Å². The number of anilines is 2. The maximum atomic E-state index is 11.6. The van der Waals surface area contributed by atoms with Crippen LogP contribution < -0.4 is 10.2 Å². The number of carbonyl (C=O) groups excluding carboxylic acids is 1. The van der Waals surface area contributed by atoms with Crippen LogP contribution in [0.2, 0.25) is 0 Å². The standard InChI is InChI=1S/C17H20N4O2/c1-3-23-16(22)12-10-18-17(19-11-12)20-14-8-9-21(2)15-7-5-4-6-13(14)15/h4-7,10-11,14H,3,8-9H2,1-2H3,(H,18,19,20). The van der Waals surface area contributed by atoms with Crippen molar-refractivity contribution in [2.75, 3.05) is 30.4 Å². The molecule has 1 N–H and O–H groups in total. The number of benzene rings is 1. The lowest BCUT2D eigenvalue weighted by Gasteiger charge is -2.33. The van der Waals surface area contributed by atoms with Crippen LogP contribution in [0.3, 0.4) is 0 Å². The van der Waals surface area contributed by atoms with E-state index in [-0.39, 0.29) is 6.04 Å². The summed E-state index contributed by atoms with van der Waals surface area (Å²) < 4.78 is 4.93. The first-order valence-corrected chi connectivity index (χ1v) is 7.74. The highest BCUT2D eigenvalue weighted by atomic mass is 16.5. The van der Waals surface area contributed by atoms with Crippen molar-refractivity contribution in [1.29, 1.82) is 0 Å². The van der Waals surface area contributed by atoms with Gasteiger partial charge in [-0.15, -0.1) is 0 Å². The zero-order chi connectivity index (χ0) is 16.2. The van der Waals surface area contributed by atoms with Crippen molar-refractivity contribution in [2.24, 2.45) is 0 Å². The van der Waals surface area contributed by atoms with E-state index in [1.165, 1.54) is 23.6 Å². The van der Waals surface area contributed by atoms with Gasteiger partial charge in [0.25, 0.3) is 0 Å². The first kappa shape index (κ1) is 15.3. The Morgan fingerprint density at radius 3 is 2.83 bits per heavy atom. The van der Waals surface area contributed by atoms with Gasteiger partial charge in [0.1, 0.15) is 0 Å². The molecule has 1 aliphatic rings. The lowest BCUT2D eigenvalue weighted by Crippen LogP contribution is -2.30. The highest BCUT2D eigenvalue weighted by molar-refractivity contribution is 5.88. The molecule has 0 saturated heterocycles. The topological polar surface area (TPSA) is 67.3 Å². The van der Waals surface area contributed by atoms with E-state index in [1.807, 2.05) is 12.1 Å². The number of rotatable bonds is 4. The third kappa shape index (κ3) is 3.26. The Kier molecular flexibility index (Phi) is 4.41. The Labute approximate surface area is 135 Å². The number of nitrogens with zero attached hydrogens (tertiary/aromatic N) is 3. The Morgan fingerprint density at radius 2 is 2.09 bits per heavy atom. The fourth-order valence-electron chi connectivity index (χ4n) is 2.76. The largest absolute Gasteiger partial charge is 0.462 e. The Hall–Kier alpha value is -2.63.